The smallest absolute Gasteiger partial charge is 0.264 e. The first-order chi connectivity index (χ1) is 13.7. The van der Waals surface area contributed by atoms with Gasteiger partial charge in [-0.1, -0.05) is 24.3 Å². The van der Waals surface area contributed by atoms with Gasteiger partial charge in [-0.3, -0.25) is 9.59 Å². The molecule has 28 heavy (non-hydrogen) atoms. The normalized spacial score (nSPS) is 18.4. The molecule has 2 aliphatic heterocycles. The summed E-state index contributed by atoms with van der Waals surface area (Å²) in [4.78, 5) is 27.0. The topological polar surface area (TPSA) is 67.9 Å². The Labute approximate surface area is 164 Å². The summed E-state index contributed by atoms with van der Waals surface area (Å²) >= 11 is 0. The molecule has 4 rings (SSSR count). The summed E-state index contributed by atoms with van der Waals surface area (Å²) in [5.41, 5.74) is 1.55. The minimum atomic E-state index is -0.687. The number of amides is 2. The lowest BCUT2D eigenvalue weighted by molar-refractivity contribution is -0.130. The van der Waals surface area contributed by atoms with E-state index in [1.165, 1.54) is 6.42 Å². The van der Waals surface area contributed by atoms with Gasteiger partial charge in [0, 0.05) is 25.2 Å². The highest BCUT2D eigenvalue weighted by Crippen LogP contribution is 2.30. The van der Waals surface area contributed by atoms with Crippen LogP contribution in [0.2, 0.25) is 0 Å². The van der Waals surface area contributed by atoms with Gasteiger partial charge in [0.25, 0.3) is 11.8 Å². The molecule has 0 bridgehead atoms. The van der Waals surface area contributed by atoms with Gasteiger partial charge < -0.3 is 19.7 Å². The standard InChI is InChI=1S/C22H24N2O4/c25-21(20-15-27-18-9-2-3-10-19(18)28-20)23-14-16-7-6-8-17(13-16)22(26)24-11-4-1-5-12-24/h2-3,6-10,13,20H,1,4-5,11-12,14-15H2,(H,23,25). The molecule has 1 saturated heterocycles. The quantitative estimate of drug-likeness (QED) is 0.886. The van der Waals surface area contributed by atoms with Crippen molar-refractivity contribution in [3.05, 3.63) is 59.7 Å². The van der Waals surface area contributed by atoms with E-state index < -0.39 is 6.10 Å². The Morgan fingerprint density at radius 3 is 2.61 bits per heavy atom. The molecule has 1 unspecified atom stereocenters. The molecular weight excluding hydrogens is 356 g/mol. The lowest BCUT2D eigenvalue weighted by Gasteiger charge is -2.27. The van der Waals surface area contributed by atoms with Gasteiger partial charge in [-0.25, -0.2) is 0 Å². The summed E-state index contributed by atoms with van der Waals surface area (Å²) < 4.78 is 11.3. The van der Waals surface area contributed by atoms with Crippen LogP contribution in [0.15, 0.2) is 48.5 Å². The van der Waals surface area contributed by atoms with E-state index in [9.17, 15) is 9.59 Å². The summed E-state index contributed by atoms with van der Waals surface area (Å²) in [7, 11) is 0. The van der Waals surface area contributed by atoms with Crippen molar-refractivity contribution in [1.29, 1.82) is 0 Å². The van der Waals surface area contributed by atoms with Gasteiger partial charge in [-0.15, -0.1) is 0 Å². The lowest BCUT2D eigenvalue weighted by atomic mass is 10.1. The molecule has 2 aromatic carbocycles. The van der Waals surface area contributed by atoms with Gasteiger partial charge in [0.2, 0.25) is 6.10 Å². The van der Waals surface area contributed by atoms with E-state index in [1.807, 2.05) is 47.4 Å². The second-order valence-corrected chi connectivity index (χ2v) is 7.14. The average Bonchev–Trinajstić information content (AvgIpc) is 2.77. The minimum absolute atomic E-state index is 0.0634. The number of hydrogen-bond acceptors (Lipinski definition) is 4. The highest BCUT2D eigenvalue weighted by molar-refractivity contribution is 5.94. The third-order valence-corrected chi connectivity index (χ3v) is 5.08. The van der Waals surface area contributed by atoms with Crippen molar-refractivity contribution in [2.45, 2.75) is 31.9 Å². The van der Waals surface area contributed by atoms with Crippen LogP contribution in [0.25, 0.3) is 0 Å². The number of nitrogens with zero attached hydrogens (tertiary/aromatic N) is 1. The molecule has 1 fully saturated rings. The molecule has 1 atom stereocenters. The number of likely N-dealkylation sites (tertiary alicyclic amines) is 1. The second-order valence-electron chi connectivity index (χ2n) is 7.14. The van der Waals surface area contributed by atoms with Crippen LogP contribution in [-0.2, 0) is 11.3 Å². The van der Waals surface area contributed by atoms with Crippen molar-refractivity contribution in [2.24, 2.45) is 0 Å². The van der Waals surface area contributed by atoms with Crippen LogP contribution in [0.5, 0.6) is 11.5 Å². The first-order valence-electron chi connectivity index (χ1n) is 9.75. The van der Waals surface area contributed by atoms with Gasteiger partial charge in [0.15, 0.2) is 11.5 Å². The highest BCUT2D eigenvalue weighted by Gasteiger charge is 2.27. The van der Waals surface area contributed by atoms with Crippen molar-refractivity contribution in [1.82, 2.24) is 10.2 Å². The first-order valence-corrected chi connectivity index (χ1v) is 9.75. The summed E-state index contributed by atoms with van der Waals surface area (Å²) in [5, 5.41) is 2.88. The molecular formula is C22H24N2O4. The molecule has 6 nitrogen and oxygen atoms in total. The van der Waals surface area contributed by atoms with Crippen LogP contribution >= 0.6 is 0 Å². The largest absolute Gasteiger partial charge is 0.485 e. The Morgan fingerprint density at radius 1 is 1.00 bits per heavy atom. The van der Waals surface area contributed by atoms with Gasteiger partial charge in [-0.05, 0) is 49.1 Å². The number of hydrogen-bond donors (Lipinski definition) is 1. The second kappa shape index (κ2) is 8.33. The number of piperidine rings is 1. The van der Waals surface area contributed by atoms with E-state index in [4.69, 9.17) is 9.47 Å². The summed E-state index contributed by atoms with van der Waals surface area (Å²) in [6.45, 7) is 2.15. The van der Waals surface area contributed by atoms with Crippen molar-refractivity contribution in [2.75, 3.05) is 19.7 Å². The number of para-hydroxylation sites is 2. The van der Waals surface area contributed by atoms with Crippen LogP contribution in [0.4, 0.5) is 0 Å². The van der Waals surface area contributed by atoms with Crippen molar-refractivity contribution in [3.8, 4) is 11.5 Å². The number of nitrogens with one attached hydrogen (secondary N) is 1. The first kappa shape index (κ1) is 18.3. The van der Waals surface area contributed by atoms with E-state index in [2.05, 4.69) is 5.32 Å². The highest BCUT2D eigenvalue weighted by atomic mass is 16.6. The van der Waals surface area contributed by atoms with Crippen molar-refractivity contribution < 1.29 is 19.1 Å². The van der Waals surface area contributed by atoms with E-state index in [-0.39, 0.29) is 18.4 Å². The maximum atomic E-state index is 12.7. The minimum Gasteiger partial charge on any atom is -0.485 e. The zero-order valence-corrected chi connectivity index (χ0v) is 15.7. The molecule has 2 aliphatic rings. The summed E-state index contributed by atoms with van der Waals surface area (Å²) in [6.07, 6.45) is 2.63. The molecule has 0 spiro atoms. The molecule has 0 aliphatic carbocycles. The van der Waals surface area contributed by atoms with Crippen LogP contribution < -0.4 is 14.8 Å². The predicted octanol–water partition coefficient (Wildman–Crippen LogP) is 2.77. The lowest BCUT2D eigenvalue weighted by Crippen LogP contribution is -2.43. The average molecular weight is 380 g/mol. The molecule has 0 aromatic heterocycles. The number of carbonyl (C=O) groups is 2. The van der Waals surface area contributed by atoms with Crippen LogP contribution in [-0.4, -0.2) is 42.5 Å². The van der Waals surface area contributed by atoms with Crippen molar-refractivity contribution in [3.63, 3.8) is 0 Å². The Balaban J connectivity index is 1.35. The number of benzene rings is 2. The van der Waals surface area contributed by atoms with Crippen LogP contribution in [0.1, 0.15) is 35.2 Å². The van der Waals surface area contributed by atoms with Crippen molar-refractivity contribution >= 4 is 11.8 Å². The monoisotopic (exact) mass is 380 g/mol. The van der Waals surface area contributed by atoms with E-state index in [0.717, 1.165) is 31.5 Å². The fraction of sp³-hybridized carbons (Fsp3) is 0.364. The molecule has 146 valence electrons. The van der Waals surface area contributed by atoms with Gasteiger partial charge in [-0.2, -0.15) is 0 Å². The maximum absolute atomic E-state index is 12.7. The molecule has 2 amide bonds. The third kappa shape index (κ3) is 4.11. The predicted molar refractivity (Wildman–Crippen MR) is 104 cm³/mol. The zero-order valence-electron chi connectivity index (χ0n) is 15.7. The Kier molecular flexibility index (Phi) is 5.46. The Bertz CT molecular complexity index is 861. The maximum Gasteiger partial charge on any atom is 0.264 e. The van der Waals surface area contributed by atoms with Crippen LogP contribution in [0.3, 0.4) is 0 Å². The number of fused-ring (bicyclic) bond motifs is 1. The Morgan fingerprint density at radius 2 is 1.79 bits per heavy atom. The molecule has 2 aromatic rings. The SMILES string of the molecule is O=C(NCc1cccc(C(=O)N2CCCCC2)c1)C1COc2ccccc2O1. The van der Waals surface area contributed by atoms with E-state index in [0.29, 0.717) is 23.6 Å². The zero-order chi connectivity index (χ0) is 19.3. The third-order valence-electron chi connectivity index (χ3n) is 5.08. The molecule has 0 saturated carbocycles. The fourth-order valence-electron chi connectivity index (χ4n) is 3.55. The van der Waals surface area contributed by atoms with Gasteiger partial charge in [0.1, 0.15) is 6.61 Å². The van der Waals surface area contributed by atoms with E-state index in [1.54, 1.807) is 6.07 Å². The Hall–Kier alpha value is -3.02. The number of carbonyl (C=O) groups excluding carboxylic acids is 2. The fourth-order valence-corrected chi connectivity index (χ4v) is 3.55. The molecule has 0 radical (unpaired) electrons. The molecule has 2 heterocycles. The molecule has 6 heteroatoms. The number of ether oxygens (including phenoxy) is 2. The summed E-state index contributed by atoms with van der Waals surface area (Å²) in [5.74, 6) is 1.05. The summed E-state index contributed by atoms with van der Waals surface area (Å²) in [6, 6.07) is 14.7. The van der Waals surface area contributed by atoms with Gasteiger partial charge in [0.05, 0.1) is 0 Å². The number of rotatable bonds is 4. The molecule has 1 N–H and O–H groups in total. The van der Waals surface area contributed by atoms with Gasteiger partial charge >= 0.3 is 0 Å². The van der Waals surface area contributed by atoms with Crippen LogP contribution in [0, 0.1) is 0 Å². The van der Waals surface area contributed by atoms with E-state index >= 15 is 0 Å².